The van der Waals surface area contributed by atoms with E-state index in [2.05, 4.69) is 39.8 Å². The Balaban J connectivity index is 2.43. The summed E-state index contributed by atoms with van der Waals surface area (Å²) in [5.74, 6) is 1.59. The summed E-state index contributed by atoms with van der Waals surface area (Å²) in [6, 6.07) is 12.1. The Bertz CT molecular complexity index is 624. The second kappa shape index (κ2) is 5.20. The molecule has 2 aromatic rings. The largest absolute Gasteiger partial charge is 0.455 e. The molecule has 0 radical (unpaired) electrons. The molecule has 2 aromatic carbocycles. The molecule has 0 aliphatic carbocycles. The number of benzene rings is 2. The van der Waals surface area contributed by atoms with Gasteiger partial charge in [-0.25, -0.2) is 0 Å². The van der Waals surface area contributed by atoms with Gasteiger partial charge in [-0.3, -0.25) is 0 Å². The van der Waals surface area contributed by atoms with E-state index in [4.69, 9.17) is 10.5 Å². The van der Waals surface area contributed by atoms with Crippen LogP contribution in [0.25, 0.3) is 0 Å². The third-order valence-corrected chi connectivity index (χ3v) is 3.33. The molecule has 0 atom stereocenters. The lowest BCUT2D eigenvalue weighted by molar-refractivity contribution is 0.457. The Morgan fingerprint density at radius 1 is 0.850 bits per heavy atom. The van der Waals surface area contributed by atoms with Gasteiger partial charge in [0.15, 0.2) is 0 Å². The second-order valence-corrected chi connectivity index (χ2v) is 6.39. The molecule has 0 amide bonds. The first-order valence-corrected chi connectivity index (χ1v) is 6.92. The van der Waals surface area contributed by atoms with Crippen LogP contribution in [0, 0.1) is 13.8 Å². The van der Waals surface area contributed by atoms with Gasteiger partial charge in [0.1, 0.15) is 11.5 Å². The first kappa shape index (κ1) is 14.4. The Morgan fingerprint density at radius 2 is 1.40 bits per heavy atom. The summed E-state index contributed by atoms with van der Waals surface area (Å²) in [6.45, 7) is 10.7. The summed E-state index contributed by atoms with van der Waals surface area (Å²) in [7, 11) is 0. The average Bonchev–Trinajstić information content (AvgIpc) is 2.33. The van der Waals surface area contributed by atoms with Gasteiger partial charge in [-0.2, -0.15) is 0 Å². The maximum Gasteiger partial charge on any atom is 0.150 e. The first-order valence-electron chi connectivity index (χ1n) is 6.92. The van der Waals surface area contributed by atoms with Crippen LogP contribution in [0.1, 0.15) is 37.5 Å². The second-order valence-electron chi connectivity index (χ2n) is 6.39. The maximum absolute atomic E-state index is 6.05. The third kappa shape index (κ3) is 3.13. The normalized spacial score (nSPS) is 11.4. The van der Waals surface area contributed by atoms with Crippen molar-refractivity contribution in [3.8, 4) is 11.5 Å². The van der Waals surface area contributed by atoms with Crippen molar-refractivity contribution in [3.63, 3.8) is 0 Å². The van der Waals surface area contributed by atoms with Crippen molar-refractivity contribution in [1.29, 1.82) is 0 Å². The highest BCUT2D eigenvalue weighted by Gasteiger charge is 2.20. The van der Waals surface area contributed by atoms with Gasteiger partial charge < -0.3 is 10.5 Å². The van der Waals surface area contributed by atoms with E-state index in [0.717, 1.165) is 11.3 Å². The molecular formula is C18H23NO. The Kier molecular flexibility index (Phi) is 3.76. The van der Waals surface area contributed by atoms with Crippen molar-refractivity contribution in [2.45, 2.75) is 40.0 Å². The van der Waals surface area contributed by atoms with Crippen LogP contribution in [0.5, 0.6) is 11.5 Å². The fourth-order valence-corrected chi connectivity index (χ4v) is 2.20. The molecule has 20 heavy (non-hydrogen) atoms. The number of ether oxygens (including phenoxy) is 1. The first-order chi connectivity index (χ1) is 9.27. The summed E-state index contributed by atoms with van der Waals surface area (Å²) >= 11 is 0. The lowest BCUT2D eigenvalue weighted by Crippen LogP contribution is -2.13. The van der Waals surface area contributed by atoms with E-state index in [1.165, 1.54) is 11.1 Å². The molecule has 0 saturated carbocycles. The zero-order valence-corrected chi connectivity index (χ0v) is 12.9. The van der Waals surface area contributed by atoms with E-state index in [-0.39, 0.29) is 5.41 Å². The zero-order chi connectivity index (χ0) is 14.9. The van der Waals surface area contributed by atoms with Crippen LogP contribution >= 0.6 is 0 Å². The molecule has 0 saturated heterocycles. The highest BCUT2D eigenvalue weighted by Crippen LogP contribution is 2.36. The number of nitrogens with two attached hydrogens (primary N) is 1. The lowest BCUT2D eigenvalue weighted by atomic mass is 9.85. The minimum Gasteiger partial charge on any atom is -0.455 e. The Labute approximate surface area is 121 Å². The molecule has 0 aromatic heterocycles. The van der Waals surface area contributed by atoms with Crippen LogP contribution in [-0.2, 0) is 5.41 Å². The van der Waals surface area contributed by atoms with Crippen molar-refractivity contribution in [1.82, 2.24) is 0 Å². The van der Waals surface area contributed by atoms with Crippen LogP contribution in [0.2, 0.25) is 0 Å². The van der Waals surface area contributed by atoms with Gasteiger partial charge in [-0.1, -0.05) is 44.5 Å². The predicted molar refractivity (Wildman–Crippen MR) is 85.5 cm³/mol. The monoisotopic (exact) mass is 269 g/mol. The smallest absolute Gasteiger partial charge is 0.150 e. The van der Waals surface area contributed by atoms with E-state index in [0.29, 0.717) is 11.4 Å². The molecule has 0 heterocycles. The van der Waals surface area contributed by atoms with Gasteiger partial charge in [0.05, 0.1) is 5.69 Å². The highest BCUT2D eigenvalue weighted by molar-refractivity contribution is 5.56. The molecule has 106 valence electrons. The fourth-order valence-electron chi connectivity index (χ4n) is 2.20. The average molecular weight is 269 g/mol. The van der Waals surface area contributed by atoms with E-state index in [9.17, 15) is 0 Å². The number of hydrogen-bond acceptors (Lipinski definition) is 2. The quantitative estimate of drug-likeness (QED) is 0.781. The van der Waals surface area contributed by atoms with Gasteiger partial charge in [-0.05, 0) is 43.0 Å². The van der Waals surface area contributed by atoms with Gasteiger partial charge in [-0.15, -0.1) is 0 Å². The minimum absolute atomic E-state index is 0.0286. The number of rotatable bonds is 2. The molecule has 2 heteroatoms. The van der Waals surface area contributed by atoms with Crippen LogP contribution in [0.15, 0.2) is 36.4 Å². The van der Waals surface area contributed by atoms with Crippen LogP contribution in [0.4, 0.5) is 5.69 Å². The Morgan fingerprint density at radius 3 is 1.95 bits per heavy atom. The molecule has 2 N–H and O–H groups in total. The summed E-state index contributed by atoms with van der Waals surface area (Å²) in [5.41, 5.74) is 10.3. The number of aryl methyl sites for hydroxylation is 2. The molecule has 0 spiro atoms. The molecule has 0 fully saturated rings. The van der Waals surface area contributed by atoms with Gasteiger partial charge >= 0.3 is 0 Å². The summed E-state index contributed by atoms with van der Waals surface area (Å²) in [5, 5.41) is 0. The molecule has 0 aliphatic rings. The maximum atomic E-state index is 6.05. The topological polar surface area (TPSA) is 35.2 Å². The van der Waals surface area contributed by atoms with Crippen molar-refractivity contribution in [2.75, 3.05) is 5.73 Å². The standard InChI is InChI=1S/C18H23NO/c1-12-6-8-16(14(10-12)18(3,4)5)20-17-9-7-13(2)11-15(17)19/h6-11H,19H2,1-5H3. The molecule has 2 rings (SSSR count). The van der Waals surface area contributed by atoms with Crippen LogP contribution in [-0.4, -0.2) is 0 Å². The van der Waals surface area contributed by atoms with Gasteiger partial charge in [0.25, 0.3) is 0 Å². The molecule has 0 aliphatic heterocycles. The summed E-state index contributed by atoms with van der Waals surface area (Å²) in [4.78, 5) is 0. The third-order valence-electron chi connectivity index (χ3n) is 3.33. The molecule has 2 nitrogen and oxygen atoms in total. The summed E-state index contributed by atoms with van der Waals surface area (Å²) < 4.78 is 6.05. The van der Waals surface area contributed by atoms with Crippen molar-refractivity contribution < 1.29 is 4.74 Å². The Hall–Kier alpha value is -1.96. The van der Waals surface area contributed by atoms with E-state index in [1.807, 2.05) is 31.2 Å². The van der Waals surface area contributed by atoms with E-state index < -0.39 is 0 Å². The van der Waals surface area contributed by atoms with E-state index >= 15 is 0 Å². The fraction of sp³-hybridized carbons (Fsp3) is 0.333. The van der Waals surface area contributed by atoms with Crippen molar-refractivity contribution >= 4 is 5.69 Å². The number of anilines is 1. The summed E-state index contributed by atoms with van der Waals surface area (Å²) in [6.07, 6.45) is 0. The SMILES string of the molecule is Cc1ccc(Oc2ccc(C)cc2C(C)(C)C)c(N)c1. The highest BCUT2D eigenvalue weighted by atomic mass is 16.5. The van der Waals surface area contributed by atoms with Crippen molar-refractivity contribution in [2.24, 2.45) is 0 Å². The van der Waals surface area contributed by atoms with Crippen molar-refractivity contribution in [3.05, 3.63) is 53.1 Å². The molecule has 0 bridgehead atoms. The van der Waals surface area contributed by atoms with Crippen LogP contribution in [0.3, 0.4) is 0 Å². The predicted octanol–water partition coefficient (Wildman–Crippen LogP) is 4.98. The van der Waals surface area contributed by atoms with Crippen LogP contribution < -0.4 is 10.5 Å². The molecular weight excluding hydrogens is 246 g/mol. The van der Waals surface area contributed by atoms with Gasteiger partial charge in [0, 0.05) is 5.56 Å². The molecule has 0 unspecified atom stereocenters. The minimum atomic E-state index is 0.0286. The zero-order valence-electron chi connectivity index (χ0n) is 12.9. The lowest BCUT2D eigenvalue weighted by Gasteiger charge is -2.23. The number of hydrogen-bond donors (Lipinski definition) is 1. The van der Waals surface area contributed by atoms with Gasteiger partial charge in [0.2, 0.25) is 0 Å². The van der Waals surface area contributed by atoms with E-state index in [1.54, 1.807) is 0 Å². The number of nitrogen functional groups attached to an aromatic ring is 1.